The first-order valence-electron chi connectivity index (χ1n) is 10.7. The van der Waals surface area contributed by atoms with Crippen LogP contribution in [0.4, 0.5) is 10.2 Å². The Bertz CT molecular complexity index is 989. The van der Waals surface area contributed by atoms with Gasteiger partial charge in [0.05, 0.1) is 6.54 Å². The monoisotopic (exact) mass is 408 g/mol. The predicted molar refractivity (Wildman–Crippen MR) is 120 cm³/mol. The van der Waals surface area contributed by atoms with Crippen LogP contribution in [0.3, 0.4) is 0 Å². The van der Waals surface area contributed by atoms with Gasteiger partial charge in [-0.05, 0) is 61.6 Å². The van der Waals surface area contributed by atoms with Crippen molar-refractivity contribution < 1.29 is 4.39 Å². The Morgan fingerprint density at radius 2 is 2.07 bits per heavy atom. The van der Waals surface area contributed by atoms with Gasteiger partial charge >= 0.3 is 0 Å². The molecule has 1 aliphatic heterocycles. The van der Waals surface area contributed by atoms with E-state index < -0.39 is 0 Å². The van der Waals surface area contributed by atoms with E-state index >= 15 is 0 Å². The Balaban J connectivity index is 1.33. The maximum atomic E-state index is 13.4. The molecule has 2 aromatic heterocycles. The zero-order valence-electron chi connectivity index (χ0n) is 17.4. The number of hydrogen-bond acceptors (Lipinski definition) is 3. The van der Waals surface area contributed by atoms with Gasteiger partial charge in [0.2, 0.25) is 0 Å². The molecular weight excluding hydrogens is 379 g/mol. The minimum Gasteiger partial charge on any atom is -0.361 e. The molecule has 3 N–H and O–H groups in total. The summed E-state index contributed by atoms with van der Waals surface area (Å²) in [6.07, 6.45) is 7.19. The highest BCUT2D eigenvalue weighted by Gasteiger charge is 2.13. The Hall–Kier alpha value is -3.09. The largest absolute Gasteiger partial charge is 0.361 e. The summed E-state index contributed by atoms with van der Waals surface area (Å²) in [7, 11) is 0. The quantitative estimate of drug-likeness (QED) is 0.413. The molecule has 0 bridgehead atoms. The summed E-state index contributed by atoms with van der Waals surface area (Å²) < 4.78 is 13.4. The van der Waals surface area contributed by atoms with Crippen LogP contribution in [0.5, 0.6) is 0 Å². The van der Waals surface area contributed by atoms with Crippen LogP contribution in [0.25, 0.3) is 10.9 Å². The highest BCUT2D eigenvalue weighted by Crippen LogP contribution is 2.19. The van der Waals surface area contributed by atoms with Crippen molar-refractivity contribution in [1.82, 2.24) is 20.6 Å². The molecule has 0 amide bonds. The molecule has 1 aliphatic rings. The maximum absolute atomic E-state index is 13.4. The van der Waals surface area contributed by atoms with E-state index in [0.29, 0.717) is 6.54 Å². The second kappa shape index (κ2) is 9.61. The van der Waals surface area contributed by atoms with Crippen LogP contribution < -0.4 is 15.5 Å². The molecule has 30 heavy (non-hydrogen) atoms. The summed E-state index contributed by atoms with van der Waals surface area (Å²) in [6.45, 7) is 6.37. The number of rotatable bonds is 7. The van der Waals surface area contributed by atoms with Crippen molar-refractivity contribution in [3.8, 4) is 0 Å². The lowest BCUT2D eigenvalue weighted by Crippen LogP contribution is -2.38. The molecule has 0 spiro atoms. The van der Waals surface area contributed by atoms with E-state index in [1.165, 1.54) is 25.0 Å². The molecule has 4 rings (SSSR count). The Morgan fingerprint density at radius 3 is 2.83 bits per heavy atom. The van der Waals surface area contributed by atoms with Gasteiger partial charge in [0.15, 0.2) is 5.96 Å². The number of fused-ring (bicyclic) bond motifs is 1. The number of pyridine rings is 1. The number of H-pyrrole nitrogens is 1. The third-order valence-corrected chi connectivity index (χ3v) is 5.42. The summed E-state index contributed by atoms with van der Waals surface area (Å²) in [5.74, 6) is 1.62. The number of aromatic nitrogens is 2. The Kier molecular flexibility index (Phi) is 6.47. The standard InChI is InChI=1S/C23H29FN6/c1-2-25-23(26-10-9-18-16-27-21-13-19(24)6-7-20(18)21)29-15-17-5-8-22(28-14-17)30-11-3-4-12-30/h5-8,13-14,16,27H,2-4,9-12,15H2,1H3,(H2,25,26,29). The molecule has 0 atom stereocenters. The third kappa shape index (κ3) is 4.90. The van der Waals surface area contributed by atoms with Gasteiger partial charge in [0, 0.05) is 49.5 Å². The van der Waals surface area contributed by atoms with E-state index in [-0.39, 0.29) is 5.82 Å². The zero-order chi connectivity index (χ0) is 20.8. The number of nitrogens with zero attached hydrogens (tertiary/aromatic N) is 3. The van der Waals surface area contributed by atoms with Crippen molar-refractivity contribution in [3.63, 3.8) is 0 Å². The SMILES string of the molecule is CCNC(=NCc1ccc(N2CCCC2)nc1)NCCc1c[nH]c2cc(F)ccc12. The van der Waals surface area contributed by atoms with E-state index in [0.717, 1.165) is 66.4 Å². The first-order chi connectivity index (χ1) is 14.7. The molecule has 3 heterocycles. The number of halogens is 1. The van der Waals surface area contributed by atoms with Crippen LogP contribution in [-0.4, -0.2) is 42.1 Å². The molecule has 1 saturated heterocycles. The lowest BCUT2D eigenvalue weighted by molar-refractivity contribution is 0.629. The Labute approximate surface area is 176 Å². The van der Waals surface area contributed by atoms with E-state index in [2.05, 4.69) is 49.6 Å². The molecule has 0 saturated carbocycles. The first kappa shape index (κ1) is 20.2. The average molecular weight is 409 g/mol. The number of aromatic amines is 1. The van der Waals surface area contributed by atoms with Crippen molar-refractivity contribution in [3.05, 3.63) is 59.7 Å². The van der Waals surface area contributed by atoms with Crippen molar-refractivity contribution in [2.45, 2.75) is 32.7 Å². The van der Waals surface area contributed by atoms with Crippen molar-refractivity contribution >= 4 is 22.7 Å². The molecule has 0 radical (unpaired) electrons. The summed E-state index contributed by atoms with van der Waals surface area (Å²) in [5, 5.41) is 7.73. The van der Waals surface area contributed by atoms with Gasteiger partial charge in [-0.2, -0.15) is 0 Å². The highest BCUT2D eigenvalue weighted by atomic mass is 19.1. The predicted octanol–water partition coefficient (Wildman–Crippen LogP) is 3.60. The van der Waals surface area contributed by atoms with Gasteiger partial charge in [0.1, 0.15) is 11.6 Å². The summed E-state index contributed by atoms with van der Waals surface area (Å²) >= 11 is 0. The molecule has 3 aromatic rings. The molecule has 7 heteroatoms. The maximum Gasteiger partial charge on any atom is 0.191 e. The number of anilines is 1. The molecule has 6 nitrogen and oxygen atoms in total. The smallest absolute Gasteiger partial charge is 0.191 e. The van der Waals surface area contributed by atoms with E-state index in [9.17, 15) is 4.39 Å². The van der Waals surface area contributed by atoms with E-state index in [1.54, 1.807) is 0 Å². The molecule has 1 aromatic carbocycles. The van der Waals surface area contributed by atoms with Crippen molar-refractivity contribution in [2.24, 2.45) is 4.99 Å². The third-order valence-electron chi connectivity index (χ3n) is 5.42. The molecule has 0 unspecified atom stereocenters. The minimum absolute atomic E-state index is 0.224. The molecule has 1 fully saturated rings. The second-order valence-electron chi connectivity index (χ2n) is 7.59. The number of hydrogen-bond donors (Lipinski definition) is 3. The molecule has 158 valence electrons. The molecule has 0 aliphatic carbocycles. The molecular formula is C23H29FN6. The number of benzene rings is 1. The average Bonchev–Trinajstić information content (AvgIpc) is 3.43. The van der Waals surface area contributed by atoms with Gasteiger partial charge in [-0.15, -0.1) is 0 Å². The van der Waals surface area contributed by atoms with Crippen LogP contribution in [0, 0.1) is 5.82 Å². The summed E-state index contributed by atoms with van der Waals surface area (Å²) in [5.41, 5.74) is 3.08. The van der Waals surface area contributed by atoms with E-state index in [1.807, 2.05) is 18.5 Å². The summed E-state index contributed by atoms with van der Waals surface area (Å²) in [4.78, 5) is 14.8. The van der Waals surface area contributed by atoms with Crippen molar-refractivity contribution in [1.29, 1.82) is 0 Å². The van der Waals surface area contributed by atoms with Gasteiger partial charge in [0.25, 0.3) is 0 Å². The van der Waals surface area contributed by atoms with Gasteiger partial charge in [-0.1, -0.05) is 6.07 Å². The van der Waals surface area contributed by atoms with Crippen molar-refractivity contribution in [2.75, 3.05) is 31.1 Å². The first-order valence-corrected chi connectivity index (χ1v) is 10.7. The zero-order valence-corrected chi connectivity index (χ0v) is 17.4. The fourth-order valence-corrected chi connectivity index (χ4v) is 3.84. The summed E-state index contributed by atoms with van der Waals surface area (Å²) in [6, 6.07) is 9.06. The number of aliphatic imine (C=N–C) groups is 1. The van der Waals surface area contributed by atoms with Crippen LogP contribution in [0.2, 0.25) is 0 Å². The van der Waals surface area contributed by atoms with Crippen LogP contribution in [-0.2, 0) is 13.0 Å². The van der Waals surface area contributed by atoms with E-state index in [4.69, 9.17) is 0 Å². The Morgan fingerprint density at radius 1 is 1.20 bits per heavy atom. The lowest BCUT2D eigenvalue weighted by atomic mass is 10.1. The van der Waals surface area contributed by atoms with Crippen LogP contribution in [0.15, 0.2) is 47.7 Å². The van der Waals surface area contributed by atoms with Gasteiger partial charge in [-0.25, -0.2) is 14.4 Å². The normalized spacial score (nSPS) is 14.5. The topological polar surface area (TPSA) is 68.3 Å². The highest BCUT2D eigenvalue weighted by molar-refractivity contribution is 5.83. The minimum atomic E-state index is -0.224. The number of guanidine groups is 1. The van der Waals surface area contributed by atoms with Gasteiger partial charge in [-0.3, -0.25) is 0 Å². The fraction of sp³-hybridized carbons (Fsp3) is 0.391. The lowest BCUT2D eigenvalue weighted by Gasteiger charge is -2.16. The second-order valence-corrected chi connectivity index (χ2v) is 7.59. The number of nitrogens with one attached hydrogen (secondary N) is 3. The van der Waals surface area contributed by atoms with Gasteiger partial charge < -0.3 is 20.5 Å². The van der Waals surface area contributed by atoms with Crippen LogP contribution in [0.1, 0.15) is 30.9 Å². The van der Waals surface area contributed by atoms with Crippen LogP contribution >= 0.6 is 0 Å². The fourth-order valence-electron chi connectivity index (χ4n) is 3.84.